The molecule has 0 bridgehead atoms. The van der Waals surface area contributed by atoms with Crippen molar-refractivity contribution in [2.45, 2.75) is 17.7 Å². The van der Waals surface area contributed by atoms with Gasteiger partial charge in [-0.15, -0.1) is 11.8 Å². The SMILES string of the molecule is CSc1ccc(CCNC(=O)C2CCNC2)cc1. The fourth-order valence-electron chi connectivity index (χ4n) is 2.15. The molecule has 0 saturated carbocycles. The lowest BCUT2D eigenvalue weighted by molar-refractivity contribution is -0.124. The number of rotatable bonds is 5. The van der Waals surface area contributed by atoms with Crippen molar-refractivity contribution < 1.29 is 4.79 Å². The number of hydrogen-bond donors (Lipinski definition) is 2. The predicted octanol–water partition coefficient (Wildman–Crippen LogP) is 1.68. The first kappa shape index (κ1) is 13.4. The number of amides is 1. The van der Waals surface area contributed by atoms with E-state index in [-0.39, 0.29) is 11.8 Å². The molecule has 18 heavy (non-hydrogen) atoms. The van der Waals surface area contributed by atoms with Crippen LogP contribution in [-0.2, 0) is 11.2 Å². The van der Waals surface area contributed by atoms with Crippen LogP contribution in [0.5, 0.6) is 0 Å². The largest absolute Gasteiger partial charge is 0.355 e. The van der Waals surface area contributed by atoms with Crippen molar-refractivity contribution in [2.24, 2.45) is 5.92 Å². The molecule has 1 aromatic carbocycles. The van der Waals surface area contributed by atoms with Crippen LogP contribution in [0.2, 0.25) is 0 Å². The van der Waals surface area contributed by atoms with E-state index in [4.69, 9.17) is 0 Å². The maximum Gasteiger partial charge on any atom is 0.224 e. The third kappa shape index (κ3) is 3.75. The number of carbonyl (C=O) groups is 1. The van der Waals surface area contributed by atoms with E-state index >= 15 is 0 Å². The lowest BCUT2D eigenvalue weighted by Crippen LogP contribution is -2.33. The third-order valence-corrected chi connectivity index (χ3v) is 4.05. The van der Waals surface area contributed by atoms with Crippen LogP contribution in [0.3, 0.4) is 0 Å². The van der Waals surface area contributed by atoms with Gasteiger partial charge in [0.25, 0.3) is 0 Å². The molecule has 1 fully saturated rings. The summed E-state index contributed by atoms with van der Waals surface area (Å²) in [5.74, 6) is 0.365. The zero-order chi connectivity index (χ0) is 12.8. The van der Waals surface area contributed by atoms with Crippen LogP contribution < -0.4 is 10.6 Å². The first-order valence-electron chi connectivity index (χ1n) is 6.41. The van der Waals surface area contributed by atoms with Crippen LogP contribution >= 0.6 is 11.8 Å². The molecule has 0 aromatic heterocycles. The van der Waals surface area contributed by atoms with Gasteiger partial charge in [-0.2, -0.15) is 0 Å². The Kier molecular flexibility index (Phi) is 5.08. The highest BCUT2D eigenvalue weighted by Gasteiger charge is 2.21. The van der Waals surface area contributed by atoms with Crippen LogP contribution in [0.4, 0.5) is 0 Å². The van der Waals surface area contributed by atoms with E-state index in [9.17, 15) is 4.79 Å². The van der Waals surface area contributed by atoms with Gasteiger partial charge in [0.1, 0.15) is 0 Å². The Morgan fingerprint density at radius 1 is 1.44 bits per heavy atom. The molecule has 1 atom stereocenters. The molecule has 4 heteroatoms. The zero-order valence-electron chi connectivity index (χ0n) is 10.7. The maximum absolute atomic E-state index is 11.8. The second kappa shape index (κ2) is 6.81. The van der Waals surface area contributed by atoms with E-state index in [1.54, 1.807) is 11.8 Å². The van der Waals surface area contributed by atoms with Gasteiger partial charge in [-0.1, -0.05) is 12.1 Å². The zero-order valence-corrected chi connectivity index (χ0v) is 11.6. The molecule has 1 aliphatic heterocycles. The van der Waals surface area contributed by atoms with Crippen LogP contribution in [0.15, 0.2) is 29.2 Å². The summed E-state index contributed by atoms with van der Waals surface area (Å²) in [5.41, 5.74) is 1.28. The highest BCUT2D eigenvalue weighted by molar-refractivity contribution is 7.98. The lowest BCUT2D eigenvalue weighted by atomic mass is 10.1. The van der Waals surface area contributed by atoms with Crippen molar-refractivity contribution >= 4 is 17.7 Å². The molecule has 98 valence electrons. The standard InChI is InChI=1S/C14H20N2OS/c1-18-13-4-2-11(3-5-13)6-9-16-14(17)12-7-8-15-10-12/h2-5,12,15H,6-10H2,1H3,(H,16,17). The first-order chi connectivity index (χ1) is 8.79. The predicted molar refractivity (Wildman–Crippen MR) is 75.9 cm³/mol. The summed E-state index contributed by atoms with van der Waals surface area (Å²) < 4.78 is 0. The van der Waals surface area contributed by atoms with Gasteiger partial charge in [0.2, 0.25) is 5.91 Å². The second-order valence-electron chi connectivity index (χ2n) is 4.58. The second-order valence-corrected chi connectivity index (χ2v) is 5.46. The fourth-order valence-corrected chi connectivity index (χ4v) is 2.55. The molecule has 1 saturated heterocycles. The molecular formula is C14H20N2OS. The van der Waals surface area contributed by atoms with Crippen LogP contribution in [0.25, 0.3) is 0 Å². The quantitative estimate of drug-likeness (QED) is 0.795. The Bertz CT molecular complexity index is 385. The van der Waals surface area contributed by atoms with Gasteiger partial charge in [0.05, 0.1) is 5.92 Å². The maximum atomic E-state index is 11.8. The fraction of sp³-hybridized carbons (Fsp3) is 0.500. The summed E-state index contributed by atoms with van der Waals surface area (Å²) in [6.07, 6.45) is 3.94. The molecule has 1 unspecified atom stereocenters. The minimum Gasteiger partial charge on any atom is -0.355 e. The summed E-state index contributed by atoms with van der Waals surface area (Å²) >= 11 is 1.75. The van der Waals surface area contributed by atoms with Gasteiger partial charge in [0.15, 0.2) is 0 Å². The molecule has 3 nitrogen and oxygen atoms in total. The van der Waals surface area contributed by atoms with E-state index < -0.39 is 0 Å². The van der Waals surface area contributed by atoms with Crippen molar-refractivity contribution in [1.82, 2.24) is 10.6 Å². The van der Waals surface area contributed by atoms with Crippen molar-refractivity contribution in [1.29, 1.82) is 0 Å². The van der Waals surface area contributed by atoms with E-state index in [0.717, 1.165) is 32.5 Å². The minimum absolute atomic E-state index is 0.170. The number of hydrogen-bond acceptors (Lipinski definition) is 3. The van der Waals surface area contributed by atoms with Gasteiger partial charge < -0.3 is 10.6 Å². The van der Waals surface area contributed by atoms with E-state index in [1.165, 1.54) is 10.5 Å². The van der Waals surface area contributed by atoms with Crippen molar-refractivity contribution in [3.63, 3.8) is 0 Å². The highest BCUT2D eigenvalue weighted by Crippen LogP contribution is 2.15. The minimum atomic E-state index is 0.170. The molecule has 1 heterocycles. The monoisotopic (exact) mass is 264 g/mol. The normalized spacial score (nSPS) is 18.8. The Hall–Kier alpha value is -1.00. The van der Waals surface area contributed by atoms with Crippen molar-refractivity contribution in [2.75, 3.05) is 25.9 Å². The Morgan fingerprint density at radius 2 is 2.22 bits per heavy atom. The van der Waals surface area contributed by atoms with E-state index in [2.05, 4.69) is 41.2 Å². The third-order valence-electron chi connectivity index (χ3n) is 3.30. The Labute approximate surface area is 113 Å². The van der Waals surface area contributed by atoms with E-state index in [0.29, 0.717) is 0 Å². The van der Waals surface area contributed by atoms with E-state index in [1.807, 2.05) is 0 Å². The topological polar surface area (TPSA) is 41.1 Å². The average molecular weight is 264 g/mol. The smallest absolute Gasteiger partial charge is 0.224 e. The summed E-state index contributed by atoms with van der Waals surface area (Å²) in [4.78, 5) is 13.1. The van der Waals surface area contributed by atoms with Gasteiger partial charge in [-0.25, -0.2) is 0 Å². The average Bonchev–Trinajstić information content (AvgIpc) is 2.93. The van der Waals surface area contributed by atoms with Crippen LogP contribution in [0.1, 0.15) is 12.0 Å². The molecule has 1 aromatic rings. The summed E-state index contributed by atoms with van der Waals surface area (Å²) in [5, 5.41) is 6.23. The van der Waals surface area contributed by atoms with Crippen LogP contribution in [-0.4, -0.2) is 31.8 Å². The molecular weight excluding hydrogens is 244 g/mol. The molecule has 1 aliphatic rings. The number of carbonyl (C=O) groups excluding carboxylic acids is 1. The number of thioether (sulfide) groups is 1. The molecule has 1 amide bonds. The van der Waals surface area contributed by atoms with Crippen molar-refractivity contribution in [3.8, 4) is 0 Å². The molecule has 0 spiro atoms. The van der Waals surface area contributed by atoms with Crippen LogP contribution in [0, 0.1) is 5.92 Å². The molecule has 0 aliphatic carbocycles. The highest BCUT2D eigenvalue weighted by atomic mass is 32.2. The summed E-state index contributed by atoms with van der Waals surface area (Å²) in [6.45, 7) is 2.52. The molecule has 2 N–H and O–H groups in total. The van der Waals surface area contributed by atoms with Gasteiger partial charge in [-0.3, -0.25) is 4.79 Å². The summed E-state index contributed by atoms with van der Waals surface area (Å²) in [6, 6.07) is 8.52. The first-order valence-corrected chi connectivity index (χ1v) is 7.63. The number of benzene rings is 1. The molecule has 0 radical (unpaired) electrons. The van der Waals surface area contributed by atoms with Gasteiger partial charge in [-0.05, 0) is 43.3 Å². The van der Waals surface area contributed by atoms with Crippen molar-refractivity contribution in [3.05, 3.63) is 29.8 Å². The van der Waals surface area contributed by atoms with Gasteiger partial charge in [0, 0.05) is 18.0 Å². The Balaban J connectivity index is 1.72. The summed E-state index contributed by atoms with van der Waals surface area (Å²) in [7, 11) is 0. The number of nitrogens with one attached hydrogen (secondary N) is 2. The van der Waals surface area contributed by atoms with Gasteiger partial charge >= 0.3 is 0 Å². The molecule has 2 rings (SSSR count). The Morgan fingerprint density at radius 3 is 2.83 bits per heavy atom. The lowest BCUT2D eigenvalue weighted by Gasteiger charge is -2.09.